The summed E-state index contributed by atoms with van der Waals surface area (Å²) in [6.45, 7) is 1.70. The molecular formula is C18H19ClN4O3S2. The second-order valence-corrected chi connectivity index (χ2v) is 9.68. The number of benzene rings is 1. The van der Waals surface area contributed by atoms with Gasteiger partial charge in [0.25, 0.3) is 10.0 Å². The molecule has 10 heteroatoms. The van der Waals surface area contributed by atoms with Crippen LogP contribution in [0.15, 0.2) is 53.0 Å². The predicted molar refractivity (Wildman–Crippen MR) is 109 cm³/mol. The van der Waals surface area contributed by atoms with Crippen molar-refractivity contribution in [2.24, 2.45) is 7.05 Å². The van der Waals surface area contributed by atoms with Crippen LogP contribution in [0.4, 0.5) is 0 Å². The van der Waals surface area contributed by atoms with E-state index in [1.54, 1.807) is 54.3 Å². The summed E-state index contributed by atoms with van der Waals surface area (Å²) in [6.07, 6.45) is 3.37. The van der Waals surface area contributed by atoms with Gasteiger partial charge in [0.05, 0.1) is 6.54 Å². The van der Waals surface area contributed by atoms with E-state index in [9.17, 15) is 13.2 Å². The van der Waals surface area contributed by atoms with Crippen LogP contribution in [0.1, 0.15) is 29.2 Å². The molecule has 0 aliphatic carbocycles. The van der Waals surface area contributed by atoms with E-state index in [1.165, 1.54) is 13.0 Å². The fraction of sp³-hybridized carbons (Fsp3) is 0.222. The molecule has 0 aliphatic heterocycles. The van der Waals surface area contributed by atoms with Crippen molar-refractivity contribution in [3.05, 3.63) is 70.1 Å². The molecule has 3 rings (SSSR count). The fourth-order valence-corrected chi connectivity index (χ4v) is 5.22. The molecule has 148 valence electrons. The van der Waals surface area contributed by atoms with Gasteiger partial charge in [0.2, 0.25) is 5.91 Å². The van der Waals surface area contributed by atoms with E-state index in [-0.39, 0.29) is 16.7 Å². The summed E-state index contributed by atoms with van der Waals surface area (Å²) in [7, 11) is -2.01. The Balaban J connectivity index is 1.90. The maximum atomic E-state index is 13.0. The third-order valence-corrected chi connectivity index (χ3v) is 7.26. The molecule has 1 amide bonds. The van der Waals surface area contributed by atoms with Gasteiger partial charge in [-0.15, -0.1) is 11.3 Å². The number of nitrogens with zero attached hydrogens (tertiary/aromatic N) is 2. The Morgan fingerprint density at radius 1 is 1.25 bits per heavy atom. The summed E-state index contributed by atoms with van der Waals surface area (Å²) in [5.74, 6) is 0.384. The normalized spacial score (nSPS) is 12.7. The average Bonchev–Trinajstić information content (AvgIpc) is 3.28. The standard InChI is InChI=1S/C18H19ClN4O3S2/c1-12(24)21-11-15-7-8-16(27-15)28(25,26)22-17(18-20-9-10-23(18)2)13-3-5-14(19)6-4-13/h3-10,17,22H,11H2,1-2H3,(H,21,24). The molecular weight excluding hydrogens is 420 g/mol. The van der Waals surface area contributed by atoms with Gasteiger partial charge < -0.3 is 9.88 Å². The first kappa shape index (κ1) is 20.5. The Labute approximate surface area is 172 Å². The molecule has 2 N–H and O–H groups in total. The molecule has 1 aromatic carbocycles. The van der Waals surface area contributed by atoms with E-state index < -0.39 is 16.1 Å². The number of imidazole rings is 1. The summed E-state index contributed by atoms with van der Waals surface area (Å²) in [5.41, 5.74) is 0.720. The van der Waals surface area contributed by atoms with Crippen LogP contribution in [0.3, 0.4) is 0 Å². The van der Waals surface area contributed by atoms with Crippen LogP contribution in [-0.4, -0.2) is 23.9 Å². The molecule has 7 nitrogen and oxygen atoms in total. The number of sulfonamides is 1. The molecule has 0 saturated carbocycles. The van der Waals surface area contributed by atoms with Gasteiger partial charge in [-0.25, -0.2) is 13.4 Å². The Hall–Kier alpha value is -2.20. The average molecular weight is 439 g/mol. The number of halogens is 1. The maximum absolute atomic E-state index is 13.0. The Morgan fingerprint density at radius 2 is 1.96 bits per heavy atom. The van der Waals surface area contributed by atoms with E-state index in [2.05, 4.69) is 15.0 Å². The number of nitrogens with one attached hydrogen (secondary N) is 2. The Kier molecular flexibility index (Phi) is 6.19. The van der Waals surface area contributed by atoms with Crippen LogP contribution in [0.5, 0.6) is 0 Å². The van der Waals surface area contributed by atoms with E-state index in [0.717, 1.165) is 21.8 Å². The topological polar surface area (TPSA) is 93.1 Å². The smallest absolute Gasteiger partial charge is 0.251 e. The summed E-state index contributed by atoms with van der Waals surface area (Å²) < 4.78 is 30.6. The van der Waals surface area contributed by atoms with Crippen LogP contribution >= 0.6 is 22.9 Å². The van der Waals surface area contributed by atoms with Gasteiger partial charge >= 0.3 is 0 Å². The maximum Gasteiger partial charge on any atom is 0.251 e. The lowest BCUT2D eigenvalue weighted by Crippen LogP contribution is -2.30. The van der Waals surface area contributed by atoms with Gasteiger partial charge in [0, 0.05) is 36.3 Å². The summed E-state index contributed by atoms with van der Waals surface area (Å²) >= 11 is 7.08. The zero-order valence-electron chi connectivity index (χ0n) is 15.2. The number of hydrogen-bond donors (Lipinski definition) is 2. The molecule has 2 aromatic heterocycles. The van der Waals surface area contributed by atoms with Gasteiger partial charge in [-0.05, 0) is 29.8 Å². The highest BCUT2D eigenvalue weighted by molar-refractivity contribution is 7.91. The summed E-state index contributed by atoms with van der Waals surface area (Å²) in [4.78, 5) is 16.1. The number of rotatable bonds is 7. The molecule has 0 spiro atoms. The van der Waals surface area contributed by atoms with Crippen molar-refractivity contribution in [1.82, 2.24) is 19.6 Å². The van der Waals surface area contributed by atoms with Crippen molar-refractivity contribution >= 4 is 38.9 Å². The number of carbonyl (C=O) groups excluding carboxylic acids is 1. The SMILES string of the molecule is CC(=O)NCc1ccc(S(=O)(=O)NC(c2ccc(Cl)cc2)c2nccn2C)s1. The van der Waals surface area contributed by atoms with Crippen molar-refractivity contribution in [2.75, 3.05) is 0 Å². The minimum atomic E-state index is -3.81. The zero-order chi connectivity index (χ0) is 20.3. The molecule has 1 unspecified atom stereocenters. The van der Waals surface area contributed by atoms with Crippen molar-refractivity contribution < 1.29 is 13.2 Å². The van der Waals surface area contributed by atoms with Crippen molar-refractivity contribution in [1.29, 1.82) is 0 Å². The minimum Gasteiger partial charge on any atom is -0.351 e. The summed E-state index contributed by atoms with van der Waals surface area (Å²) in [6, 6.07) is 9.48. The molecule has 3 aromatic rings. The van der Waals surface area contributed by atoms with Crippen molar-refractivity contribution in [3.8, 4) is 0 Å². The fourth-order valence-electron chi connectivity index (χ4n) is 2.60. The highest BCUT2D eigenvalue weighted by atomic mass is 35.5. The Bertz CT molecular complexity index is 1070. The lowest BCUT2D eigenvalue weighted by atomic mass is 10.1. The third-order valence-electron chi connectivity index (χ3n) is 4.01. The van der Waals surface area contributed by atoms with Crippen LogP contribution in [0, 0.1) is 0 Å². The van der Waals surface area contributed by atoms with Gasteiger partial charge in [-0.1, -0.05) is 23.7 Å². The van der Waals surface area contributed by atoms with Gasteiger partial charge in [-0.3, -0.25) is 4.79 Å². The van der Waals surface area contributed by atoms with E-state index in [0.29, 0.717) is 10.8 Å². The molecule has 0 fully saturated rings. The van der Waals surface area contributed by atoms with E-state index >= 15 is 0 Å². The molecule has 0 radical (unpaired) electrons. The summed E-state index contributed by atoms with van der Waals surface area (Å²) in [5, 5.41) is 3.22. The molecule has 0 bridgehead atoms. The second kappa shape index (κ2) is 8.44. The quantitative estimate of drug-likeness (QED) is 0.593. The monoisotopic (exact) mass is 438 g/mol. The van der Waals surface area contributed by atoms with Gasteiger partial charge in [0.15, 0.2) is 0 Å². The third kappa shape index (κ3) is 4.79. The van der Waals surface area contributed by atoms with Crippen molar-refractivity contribution in [3.63, 3.8) is 0 Å². The molecule has 28 heavy (non-hydrogen) atoms. The molecule has 0 saturated heterocycles. The highest BCUT2D eigenvalue weighted by Gasteiger charge is 2.26. The number of carbonyl (C=O) groups is 1. The first-order chi connectivity index (χ1) is 13.3. The van der Waals surface area contributed by atoms with E-state index in [4.69, 9.17) is 11.6 Å². The van der Waals surface area contributed by atoms with Gasteiger partial charge in [0.1, 0.15) is 16.1 Å². The van der Waals surface area contributed by atoms with Crippen LogP contribution in [0.25, 0.3) is 0 Å². The van der Waals surface area contributed by atoms with Crippen LogP contribution in [-0.2, 0) is 28.4 Å². The van der Waals surface area contributed by atoms with Crippen LogP contribution in [0.2, 0.25) is 5.02 Å². The number of aromatic nitrogens is 2. The highest BCUT2D eigenvalue weighted by Crippen LogP contribution is 2.27. The number of thiophene rings is 1. The molecule has 2 heterocycles. The van der Waals surface area contributed by atoms with Gasteiger partial charge in [-0.2, -0.15) is 4.72 Å². The largest absolute Gasteiger partial charge is 0.351 e. The second-order valence-electron chi connectivity index (χ2n) is 6.13. The number of aryl methyl sites for hydroxylation is 1. The Morgan fingerprint density at radius 3 is 2.57 bits per heavy atom. The number of amides is 1. The zero-order valence-corrected chi connectivity index (χ0v) is 17.6. The lowest BCUT2D eigenvalue weighted by Gasteiger charge is -2.19. The van der Waals surface area contributed by atoms with Crippen molar-refractivity contribution in [2.45, 2.75) is 23.7 Å². The van der Waals surface area contributed by atoms with Crippen LogP contribution < -0.4 is 10.0 Å². The predicted octanol–water partition coefficient (Wildman–Crippen LogP) is 2.84. The first-order valence-electron chi connectivity index (χ1n) is 8.34. The minimum absolute atomic E-state index is 0.168. The first-order valence-corrected chi connectivity index (χ1v) is 11.0. The lowest BCUT2D eigenvalue weighted by molar-refractivity contribution is -0.119. The molecule has 0 aliphatic rings. The molecule has 1 atom stereocenters. The van der Waals surface area contributed by atoms with E-state index in [1.807, 2.05) is 0 Å². The number of hydrogen-bond acceptors (Lipinski definition) is 5.